The Bertz CT molecular complexity index is 1060. The van der Waals surface area contributed by atoms with Crippen LogP contribution < -0.4 is 10.9 Å². The van der Waals surface area contributed by atoms with E-state index in [1.54, 1.807) is 0 Å². The molecule has 0 spiro atoms. The molecule has 9 nitrogen and oxygen atoms in total. The van der Waals surface area contributed by atoms with Gasteiger partial charge >= 0.3 is 6.18 Å². The van der Waals surface area contributed by atoms with Crippen molar-refractivity contribution in [3.8, 4) is 18.6 Å². The van der Waals surface area contributed by atoms with Gasteiger partial charge < -0.3 is 15.2 Å². The number of halogens is 3. The number of aromatic nitrogens is 3. The highest BCUT2D eigenvalue weighted by Gasteiger charge is 2.34. The van der Waals surface area contributed by atoms with Gasteiger partial charge in [0.25, 0.3) is 11.5 Å². The highest BCUT2D eigenvalue weighted by molar-refractivity contribution is 6.01. The SMILES string of the molecule is C#C.C=CNC(=O)c1c(O)c2nc(C(F)(F)F)cnc2n(CCN2CCCOCC2)c1=O. The van der Waals surface area contributed by atoms with Crippen LogP contribution in [0.25, 0.3) is 11.2 Å². The second-order valence-electron chi connectivity index (χ2n) is 6.59. The Morgan fingerprint density at radius 1 is 1.31 bits per heavy atom. The maximum absolute atomic E-state index is 13.1. The summed E-state index contributed by atoms with van der Waals surface area (Å²) in [6.07, 6.45) is 5.46. The van der Waals surface area contributed by atoms with E-state index >= 15 is 0 Å². The van der Waals surface area contributed by atoms with Crippen LogP contribution in [0.15, 0.2) is 23.8 Å². The molecule has 1 saturated heterocycles. The van der Waals surface area contributed by atoms with Crippen LogP contribution in [-0.4, -0.2) is 63.3 Å². The van der Waals surface area contributed by atoms with Crippen molar-refractivity contribution in [2.75, 3.05) is 32.8 Å². The molecule has 12 heteroatoms. The van der Waals surface area contributed by atoms with Crippen LogP contribution in [0.5, 0.6) is 5.75 Å². The Morgan fingerprint density at radius 3 is 2.69 bits per heavy atom. The lowest BCUT2D eigenvalue weighted by atomic mass is 10.2. The summed E-state index contributed by atoms with van der Waals surface area (Å²) in [5.74, 6) is -1.97. The standard InChI is InChI=1S/C18H20F3N5O4.C2H2/c1-2-22-16(28)12-14(27)13-15(23-10-11(24-13)18(19,20)21)26(17(12)29)6-5-25-4-3-8-30-9-7-25;1-2/h2,10,27H,1,3-9H2,(H,22,28);1-2H. The van der Waals surface area contributed by atoms with Gasteiger partial charge in [-0.3, -0.25) is 19.1 Å². The van der Waals surface area contributed by atoms with Crippen LogP contribution in [0.1, 0.15) is 22.5 Å². The Labute approximate surface area is 181 Å². The molecule has 3 heterocycles. The third kappa shape index (κ3) is 5.43. The maximum atomic E-state index is 13.1. The molecule has 0 radical (unpaired) electrons. The lowest BCUT2D eigenvalue weighted by molar-refractivity contribution is -0.141. The van der Waals surface area contributed by atoms with Crippen molar-refractivity contribution < 1.29 is 27.8 Å². The van der Waals surface area contributed by atoms with Gasteiger partial charge in [0, 0.05) is 32.8 Å². The molecule has 0 aliphatic carbocycles. The molecule has 2 N–H and O–H groups in total. The van der Waals surface area contributed by atoms with Gasteiger partial charge in [-0.25, -0.2) is 9.97 Å². The van der Waals surface area contributed by atoms with Gasteiger partial charge in [0.1, 0.15) is 11.1 Å². The van der Waals surface area contributed by atoms with Crippen molar-refractivity contribution in [1.29, 1.82) is 0 Å². The largest absolute Gasteiger partial charge is 0.505 e. The van der Waals surface area contributed by atoms with Crippen LogP contribution in [0.4, 0.5) is 13.2 Å². The van der Waals surface area contributed by atoms with E-state index in [1.165, 1.54) is 0 Å². The average molecular weight is 453 g/mol. The van der Waals surface area contributed by atoms with Gasteiger partial charge in [-0.2, -0.15) is 13.2 Å². The number of hydrogen-bond donors (Lipinski definition) is 2. The highest BCUT2D eigenvalue weighted by atomic mass is 19.4. The number of hydrogen-bond acceptors (Lipinski definition) is 7. The first-order valence-corrected chi connectivity index (χ1v) is 9.49. The smallest absolute Gasteiger partial charge is 0.434 e. The maximum Gasteiger partial charge on any atom is 0.434 e. The predicted octanol–water partition coefficient (Wildman–Crippen LogP) is 1.36. The molecule has 0 atom stereocenters. The second kappa shape index (κ2) is 10.7. The number of ether oxygens (including phenoxy) is 1. The van der Waals surface area contributed by atoms with E-state index < -0.39 is 40.2 Å². The van der Waals surface area contributed by atoms with Gasteiger partial charge in [-0.05, 0) is 12.6 Å². The van der Waals surface area contributed by atoms with Crippen LogP contribution in [0.3, 0.4) is 0 Å². The summed E-state index contributed by atoms with van der Waals surface area (Å²) in [5.41, 5.74) is -3.80. The van der Waals surface area contributed by atoms with Crippen LogP contribution in [0.2, 0.25) is 0 Å². The number of terminal acetylenes is 1. The van der Waals surface area contributed by atoms with Crippen molar-refractivity contribution in [2.45, 2.75) is 19.1 Å². The topological polar surface area (TPSA) is 110 Å². The second-order valence-corrected chi connectivity index (χ2v) is 6.59. The summed E-state index contributed by atoms with van der Waals surface area (Å²) < 4.78 is 45.6. The van der Waals surface area contributed by atoms with Crippen molar-refractivity contribution in [3.05, 3.63) is 40.6 Å². The van der Waals surface area contributed by atoms with Gasteiger partial charge in [0.15, 0.2) is 17.1 Å². The zero-order chi connectivity index (χ0) is 23.9. The molecule has 0 unspecified atom stereocenters. The third-order valence-electron chi connectivity index (χ3n) is 4.63. The molecule has 1 fully saturated rings. The first-order valence-electron chi connectivity index (χ1n) is 9.49. The highest BCUT2D eigenvalue weighted by Crippen LogP contribution is 2.30. The Kier molecular flexibility index (Phi) is 8.34. The van der Waals surface area contributed by atoms with Gasteiger partial charge in [-0.1, -0.05) is 6.58 Å². The molecule has 172 valence electrons. The minimum Gasteiger partial charge on any atom is -0.505 e. The number of carbonyl (C=O) groups excluding carboxylic acids is 1. The number of amides is 1. The first kappa shape index (κ1) is 24.8. The predicted molar refractivity (Wildman–Crippen MR) is 110 cm³/mol. The number of pyridine rings is 1. The summed E-state index contributed by atoms with van der Waals surface area (Å²) in [6.45, 7) is 6.19. The number of rotatable bonds is 5. The molecule has 2 aromatic heterocycles. The van der Waals surface area contributed by atoms with Crippen LogP contribution in [-0.2, 0) is 17.5 Å². The Morgan fingerprint density at radius 2 is 2.03 bits per heavy atom. The Hall–Kier alpha value is -3.43. The number of carbonyl (C=O) groups is 1. The number of fused-ring (bicyclic) bond motifs is 1. The van der Waals surface area contributed by atoms with E-state index in [-0.39, 0.29) is 12.2 Å². The molecular formula is C20H22F3N5O4. The average Bonchev–Trinajstić information content (AvgIpc) is 3.03. The van der Waals surface area contributed by atoms with E-state index in [2.05, 4.69) is 34.7 Å². The number of nitrogens with one attached hydrogen (secondary N) is 1. The zero-order valence-electron chi connectivity index (χ0n) is 17.1. The van der Waals surface area contributed by atoms with Gasteiger partial charge in [0.2, 0.25) is 0 Å². The van der Waals surface area contributed by atoms with Gasteiger partial charge in [-0.15, -0.1) is 12.8 Å². The molecule has 0 saturated carbocycles. The normalized spacial score (nSPS) is 14.8. The number of nitrogens with zero attached hydrogens (tertiary/aromatic N) is 4. The molecule has 3 rings (SSSR count). The summed E-state index contributed by atoms with van der Waals surface area (Å²) in [6, 6.07) is 0. The van der Waals surface area contributed by atoms with E-state index in [9.17, 15) is 27.9 Å². The summed E-state index contributed by atoms with van der Waals surface area (Å²) >= 11 is 0. The Balaban J connectivity index is 0.00000176. The number of alkyl halides is 3. The lowest BCUT2D eigenvalue weighted by Crippen LogP contribution is -2.36. The summed E-state index contributed by atoms with van der Waals surface area (Å²) in [4.78, 5) is 34.4. The van der Waals surface area contributed by atoms with E-state index in [1.807, 2.05) is 4.90 Å². The quantitative estimate of drug-likeness (QED) is 0.658. The fraction of sp³-hybridized carbons (Fsp3) is 0.400. The van der Waals surface area contributed by atoms with Crippen molar-refractivity contribution >= 4 is 17.1 Å². The van der Waals surface area contributed by atoms with Crippen LogP contribution >= 0.6 is 0 Å². The van der Waals surface area contributed by atoms with E-state index in [0.717, 1.165) is 23.7 Å². The van der Waals surface area contributed by atoms with Crippen molar-refractivity contribution in [3.63, 3.8) is 0 Å². The lowest BCUT2D eigenvalue weighted by Gasteiger charge is -2.20. The fourth-order valence-electron chi connectivity index (χ4n) is 3.17. The fourth-order valence-corrected chi connectivity index (χ4v) is 3.17. The summed E-state index contributed by atoms with van der Waals surface area (Å²) in [7, 11) is 0. The molecule has 0 aromatic carbocycles. The number of aromatic hydroxyl groups is 1. The molecule has 32 heavy (non-hydrogen) atoms. The molecule has 2 aromatic rings. The van der Waals surface area contributed by atoms with Crippen molar-refractivity contribution in [1.82, 2.24) is 24.8 Å². The monoisotopic (exact) mass is 453 g/mol. The van der Waals surface area contributed by atoms with Crippen molar-refractivity contribution in [2.24, 2.45) is 0 Å². The molecule has 1 amide bonds. The molecular weight excluding hydrogens is 431 g/mol. The third-order valence-corrected chi connectivity index (χ3v) is 4.63. The van der Waals surface area contributed by atoms with E-state index in [4.69, 9.17) is 4.74 Å². The zero-order valence-corrected chi connectivity index (χ0v) is 17.1. The van der Waals surface area contributed by atoms with Gasteiger partial charge in [0.05, 0.1) is 12.8 Å². The molecule has 1 aliphatic rings. The molecule has 0 bridgehead atoms. The minimum atomic E-state index is -4.82. The van der Waals surface area contributed by atoms with Crippen LogP contribution in [0, 0.1) is 12.8 Å². The van der Waals surface area contributed by atoms with E-state index in [0.29, 0.717) is 32.5 Å². The summed E-state index contributed by atoms with van der Waals surface area (Å²) in [5, 5.41) is 12.5. The minimum absolute atomic E-state index is 0.0318. The first-order chi connectivity index (χ1) is 15.2. The molecule has 1 aliphatic heterocycles.